The highest BCUT2D eigenvalue weighted by molar-refractivity contribution is 5.79. The number of rotatable bonds is 2. The molecule has 0 N–H and O–H groups in total. The molecule has 3 rings (SSSR count). The Morgan fingerprint density at radius 3 is 2.88 bits per heavy atom. The SMILES string of the molecule is CCN1c2ccc(C=O)cc2C2C=CC=CC21. The standard InChI is InChI=1S/C15H15NO/c1-2-16-14-6-4-3-5-12(14)13-9-11(10-17)7-8-15(13)16/h3-10,12,14H,2H2,1H3. The molecule has 2 nitrogen and oxygen atoms in total. The van der Waals surface area contributed by atoms with Crippen molar-refractivity contribution in [3.05, 3.63) is 53.6 Å². The molecule has 0 amide bonds. The van der Waals surface area contributed by atoms with Gasteiger partial charge >= 0.3 is 0 Å². The summed E-state index contributed by atoms with van der Waals surface area (Å²) in [6.45, 7) is 3.17. The smallest absolute Gasteiger partial charge is 0.150 e. The van der Waals surface area contributed by atoms with Gasteiger partial charge in [-0.15, -0.1) is 0 Å². The number of likely N-dealkylation sites (N-methyl/N-ethyl adjacent to an activating group) is 1. The molecule has 2 unspecified atom stereocenters. The number of carbonyl (C=O) groups is 1. The summed E-state index contributed by atoms with van der Waals surface area (Å²) in [4.78, 5) is 13.3. The van der Waals surface area contributed by atoms with Crippen molar-refractivity contribution in [3.63, 3.8) is 0 Å². The van der Waals surface area contributed by atoms with Gasteiger partial charge in [0.05, 0.1) is 6.04 Å². The fraction of sp³-hybridized carbons (Fsp3) is 0.267. The Labute approximate surface area is 101 Å². The first-order valence-electron chi connectivity index (χ1n) is 6.06. The maximum Gasteiger partial charge on any atom is 0.150 e. The largest absolute Gasteiger partial charge is 0.364 e. The summed E-state index contributed by atoms with van der Waals surface area (Å²) < 4.78 is 0. The monoisotopic (exact) mass is 225 g/mol. The van der Waals surface area contributed by atoms with Crippen LogP contribution in [0.1, 0.15) is 28.8 Å². The van der Waals surface area contributed by atoms with E-state index in [2.05, 4.69) is 42.2 Å². The van der Waals surface area contributed by atoms with E-state index < -0.39 is 0 Å². The van der Waals surface area contributed by atoms with Crippen molar-refractivity contribution < 1.29 is 4.79 Å². The first kappa shape index (κ1) is 10.3. The third-order valence-corrected chi connectivity index (χ3v) is 3.66. The number of nitrogens with zero attached hydrogens (tertiary/aromatic N) is 1. The van der Waals surface area contributed by atoms with Crippen LogP contribution in [0.25, 0.3) is 0 Å². The van der Waals surface area contributed by atoms with E-state index in [9.17, 15) is 4.79 Å². The lowest BCUT2D eigenvalue weighted by molar-refractivity contribution is 0.112. The molecule has 17 heavy (non-hydrogen) atoms. The molecule has 1 aromatic rings. The van der Waals surface area contributed by atoms with Gasteiger partial charge in [0, 0.05) is 23.7 Å². The van der Waals surface area contributed by atoms with Crippen LogP contribution < -0.4 is 4.90 Å². The lowest BCUT2D eigenvalue weighted by atomic mass is 9.91. The number of allylic oxidation sites excluding steroid dienone is 2. The van der Waals surface area contributed by atoms with Gasteiger partial charge in [-0.05, 0) is 30.7 Å². The third kappa shape index (κ3) is 1.44. The van der Waals surface area contributed by atoms with Gasteiger partial charge in [-0.1, -0.05) is 24.3 Å². The first-order chi connectivity index (χ1) is 8.35. The molecule has 2 aliphatic rings. The number of benzene rings is 1. The molecular weight excluding hydrogens is 210 g/mol. The van der Waals surface area contributed by atoms with Gasteiger partial charge in [-0.2, -0.15) is 0 Å². The summed E-state index contributed by atoms with van der Waals surface area (Å²) in [6.07, 6.45) is 9.60. The molecule has 0 spiro atoms. The topological polar surface area (TPSA) is 20.3 Å². The van der Waals surface area contributed by atoms with Crippen LogP contribution in [0.3, 0.4) is 0 Å². The number of carbonyl (C=O) groups excluding carboxylic acids is 1. The van der Waals surface area contributed by atoms with Gasteiger partial charge in [0.15, 0.2) is 0 Å². The van der Waals surface area contributed by atoms with E-state index in [0.717, 1.165) is 18.4 Å². The zero-order chi connectivity index (χ0) is 11.8. The van der Waals surface area contributed by atoms with E-state index in [1.165, 1.54) is 11.3 Å². The van der Waals surface area contributed by atoms with Crippen molar-refractivity contribution in [3.8, 4) is 0 Å². The van der Waals surface area contributed by atoms with E-state index in [1.807, 2.05) is 12.1 Å². The lowest BCUT2D eigenvalue weighted by Gasteiger charge is -2.27. The molecular formula is C15H15NO. The first-order valence-corrected chi connectivity index (χ1v) is 6.06. The molecule has 1 aromatic carbocycles. The van der Waals surface area contributed by atoms with Crippen molar-refractivity contribution in [2.45, 2.75) is 18.9 Å². The van der Waals surface area contributed by atoms with Crippen molar-refractivity contribution in [2.75, 3.05) is 11.4 Å². The number of anilines is 1. The fourth-order valence-corrected chi connectivity index (χ4v) is 2.90. The van der Waals surface area contributed by atoms with E-state index >= 15 is 0 Å². The highest BCUT2D eigenvalue weighted by atomic mass is 16.1. The van der Waals surface area contributed by atoms with Crippen LogP contribution in [0.15, 0.2) is 42.5 Å². The van der Waals surface area contributed by atoms with Gasteiger partial charge in [-0.25, -0.2) is 0 Å². The minimum absolute atomic E-state index is 0.398. The van der Waals surface area contributed by atoms with Crippen LogP contribution in [-0.2, 0) is 0 Å². The van der Waals surface area contributed by atoms with E-state index in [0.29, 0.717) is 12.0 Å². The molecule has 1 aliphatic carbocycles. The van der Waals surface area contributed by atoms with Crippen LogP contribution >= 0.6 is 0 Å². The maximum absolute atomic E-state index is 10.9. The Morgan fingerprint density at radius 1 is 1.29 bits per heavy atom. The van der Waals surface area contributed by atoms with E-state index in [1.54, 1.807) is 0 Å². The number of hydrogen-bond acceptors (Lipinski definition) is 2. The summed E-state index contributed by atoms with van der Waals surface area (Å²) in [5.41, 5.74) is 3.31. The molecule has 86 valence electrons. The number of fused-ring (bicyclic) bond motifs is 3. The second kappa shape index (κ2) is 3.88. The zero-order valence-electron chi connectivity index (χ0n) is 9.84. The summed E-state index contributed by atoms with van der Waals surface area (Å²) in [5.74, 6) is 0.398. The number of hydrogen-bond donors (Lipinski definition) is 0. The normalized spacial score (nSPS) is 24.6. The lowest BCUT2D eigenvalue weighted by Crippen LogP contribution is -2.32. The Kier molecular flexibility index (Phi) is 2.36. The minimum Gasteiger partial charge on any atom is -0.364 e. The second-order valence-electron chi connectivity index (χ2n) is 4.51. The number of aldehydes is 1. The summed E-state index contributed by atoms with van der Waals surface area (Å²) in [7, 11) is 0. The van der Waals surface area contributed by atoms with Crippen LogP contribution in [0.4, 0.5) is 5.69 Å². The molecule has 2 atom stereocenters. The highest BCUT2D eigenvalue weighted by Crippen LogP contribution is 2.43. The average Bonchev–Trinajstić information content (AvgIpc) is 2.71. The Bertz CT molecular complexity index is 516. The molecule has 2 heteroatoms. The van der Waals surface area contributed by atoms with Crippen molar-refractivity contribution in [1.82, 2.24) is 0 Å². The summed E-state index contributed by atoms with van der Waals surface area (Å²) in [6, 6.07) is 6.42. The highest BCUT2D eigenvalue weighted by Gasteiger charge is 2.35. The second-order valence-corrected chi connectivity index (χ2v) is 4.51. The summed E-state index contributed by atoms with van der Waals surface area (Å²) >= 11 is 0. The van der Waals surface area contributed by atoms with Crippen LogP contribution in [-0.4, -0.2) is 18.9 Å². The minimum atomic E-state index is 0.398. The third-order valence-electron chi connectivity index (χ3n) is 3.66. The van der Waals surface area contributed by atoms with Crippen molar-refractivity contribution in [2.24, 2.45) is 0 Å². The maximum atomic E-state index is 10.9. The molecule has 0 bridgehead atoms. The Balaban J connectivity index is 2.14. The van der Waals surface area contributed by atoms with E-state index in [4.69, 9.17) is 0 Å². The van der Waals surface area contributed by atoms with Crippen LogP contribution in [0.5, 0.6) is 0 Å². The van der Waals surface area contributed by atoms with Gasteiger partial charge in [-0.3, -0.25) is 4.79 Å². The van der Waals surface area contributed by atoms with E-state index in [-0.39, 0.29) is 0 Å². The van der Waals surface area contributed by atoms with Gasteiger partial charge < -0.3 is 4.90 Å². The van der Waals surface area contributed by atoms with Gasteiger partial charge in [0.2, 0.25) is 0 Å². The quantitative estimate of drug-likeness (QED) is 0.721. The van der Waals surface area contributed by atoms with Gasteiger partial charge in [0.1, 0.15) is 6.29 Å². The molecule has 0 radical (unpaired) electrons. The fourth-order valence-electron chi connectivity index (χ4n) is 2.90. The van der Waals surface area contributed by atoms with Crippen molar-refractivity contribution >= 4 is 12.0 Å². The Morgan fingerprint density at radius 2 is 2.12 bits per heavy atom. The van der Waals surface area contributed by atoms with Gasteiger partial charge in [0.25, 0.3) is 0 Å². The molecule has 1 heterocycles. The Hall–Kier alpha value is -1.83. The van der Waals surface area contributed by atoms with Crippen molar-refractivity contribution in [1.29, 1.82) is 0 Å². The predicted octanol–water partition coefficient (Wildman–Crippen LogP) is 2.92. The molecule has 0 saturated carbocycles. The van der Waals surface area contributed by atoms with Crippen LogP contribution in [0.2, 0.25) is 0 Å². The predicted molar refractivity (Wildman–Crippen MR) is 69.7 cm³/mol. The van der Waals surface area contributed by atoms with Crippen LogP contribution in [0, 0.1) is 0 Å². The zero-order valence-corrected chi connectivity index (χ0v) is 9.84. The molecule has 0 saturated heterocycles. The summed E-state index contributed by atoms with van der Waals surface area (Å²) in [5, 5.41) is 0. The average molecular weight is 225 g/mol. The molecule has 0 fully saturated rings. The molecule has 0 aromatic heterocycles. The molecule has 1 aliphatic heterocycles.